The van der Waals surface area contributed by atoms with Crippen LogP contribution < -0.4 is 5.32 Å². The zero-order valence-corrected chi connectivity index (χ0v) is 15.6. The number of rotatable bonds is 3. The second kappa shape index (κ2) is 7.43. The zero-order valence-electron chi connectivity index (χ0n) is 15.6. The van der Waals surface area contributed by atoms with E-state index < -0.39 is 0 Å². The Bertz CT molecular complexity index is 689. The first-order valence-electron chi connectivity index (χ1n) is 9.40. The van der Waals surface area contributed by atoms with Crippen LogP contribution in [0.2, 0.25) is 0 Å². The molecule has 0 spiro atoms. The largest absolute Gasteiger partial charge is 0.349 e. The Balaban J connectivity index is 1.57. The van der Waals surface area contributed by atoms with E-state index in [1.54, 1.807) is 0 Å². The second-order valence-electron chi connectivity index (χ2n) is 8.33. The summed E-state index contributed by atoms with van der Waals surface area (Å²) in [6, 6.07) is 18.5. The van der Waals surface area contributed by atoms with E-state index in [2.05, 4.69) is 38.2 Å². The summed E-state index contributed by atoms with van der Waals surface area (Å²) >= 11 is 0. The van der Waals surface area contributed by atoms with Gasteiger partial charge in [-0.15, -0.1) is 0 Å². The maximum Gasteiger partial charge on any atom is 0.251 e. The highest BCUT2D eigenvalue weighted by Crippen LogP contribution is 2.37. The molecule has 1 amide bonds. The molecule has 0 bridgehead atoms. The molecule has 2 aromatic carbocycles. The summed E-state index contributed by atoms with van der Waals surface area (Å²) < 4.78 is 0. The summed E-state index contributed by atoms with van der Waals surface area (Å²) in [7, 11) is 0. The molecule has 1 aliphatic rings. The van der Waals surface area contributed by atoms with E-state index in [1.807, 2.05) is 42.5 Å². The van der Waals surface area contributed by atoms with Gasteiger partial charge in [0.15, 0.2) is 0 Å². The second-order valence-corrected chi connectivity index (χ2v) is 8.33. The Kier molecular flexibility index (Phi) is 5.27. The van der Waals surface area contributed by atoms with Crippen molar-refractivity contribution in [1.82, 2.24) is 5.32 Å². The Hall–Kier alpha value is -2.09. The van der Waals surface area contributed by atoms with Gasteiger partial charge < -0.3 is 5.32 Å². The smallest absolute Gasteiger partial charge is 0.251 e. The van der Waals surface area contributed by atoms with Crippen LogP contribution in [0, 0.1) is 11.3 Å². The highest BCUT2D eigenvalue weighted by atomic mass is 16.1. The van der Waals surface area contributed by atoms with Crippen molar-refractivity contribution in [3.8, 4) is 11.1 Å². The van der Waals surface area contributed by atoms with Gasteiger partial charge in [0.25, 0.3) is 5.91 Å². The maximum absolute atomic E-state index is 12.5. The molecule has 0 radical (unpaired) electrons. The Morgan fingerprint density at radius 3 is 1.96 bits per heavy atom. The molecule has 0 saturated heterocycles. The fourth-order valence-electron chi connectivity index (χ4n) is 3.82. The van der Waals surface area contributed by atoms with Crippen molar-refractivity contribution in [1.29, 1.82) is 0 Å². The minimum Gasteiger partial charge on any atom is -0.349 e. The molecule has 0 aromatic heterocycles. The monoisotopic (exact) mass is 335 g/mol. The predicted octanol–water partition coefficient (Wildman–Crippen LogP) is 5.69. The molecule has 2 aromatic rings. The van der Waals surface area contributed by atoms with Crippen molar-refractivity contribution in [2.24, 2.45) is 11.3 Å². The number of amides is 1. The topological polar surface area (TPSA) is 29.1 Å². The SMILES string of the molecule is CC(C)(C)C1CCC(NC(=O)c2ccc(-c3ccccc3)cc2)CC1. The molecule has 0 heterocycles. The molecule has 132 valence electrons. The molecule has 0 aliphatic heterocycles. The van der Waals surface area contributed by atoms with Crippen molar-refractivity contribution >= 4 is 5.91 Å². The average molecular weight is 335 g/mol. The van der Waals surface area contributed by atoms with Crippen LogP contribution in [0.25, 0.3) is 11.1 Å². The molecule has 2 nitrogen and oxygen atoms in total. The number of hydrogen-bond donors (Lipinski definition) is 1. The molecule has 1 aliphatic carbocycles. The van der Waals surface area contributed by atoms with E-state index in [4.69, 9.17) is 0 Å². The van der Waals surface area contributed by atoms with Crippen molar-refractivity contribution in [3.63, 3.8) is 0 Å². The van der Waals surface area contributed by atoms with Gasteiger partial charge in [-0.25, -0.2) is 0 Å². The fraction of sp³-hybridized carbons (Fsp3) is 0.435. The summed E-state index contributed by atoms with van der Waals surface area (Å²) in [5.74, 6) is 0.824. The van der Waals surface area contributed by atoms with Gasteiger partial charge in [-0.3, -0.25) is 4.79 Å². The quantitative estimate of drug-likeness (QED) is 0.767. The lowest BCUT2D eigenvalue weighted by Crippen LogP contribution is -2.39. The highest BCUT2D eigenvalue weighted by molar-refractivity contribution is 5.94. The third-order valence-electron chi connectivity index (χ3n) is 5.54. The van der Waals surface area contributed by atoms with E-state index in [0.717, 1.165) is 29.9 Å². The van der Waals surface area contributed by atoms with Crippen molar-refractivity contribution in [2.45, 2.75) is 52.5 Å². The van der Waals surface area contributed by atoms with Crippen LogP contribution in [0.3, 0.4) is 0 Å². The van der Waals surface area contributed by atoms with Gasteiger partial charge in [-0.05, 0) is 60.3 Å². The van der Waals surface area contributed by atoms with E-state index in [1.165, 1.54) is 18.4 Å². The van der Waals surface area contributed by atoms with Crippen LogP contribution in [0.4, 0.5) is 0 Å². The van der Waals surface area contributed by atoms with Gasteiger partial charge >= 0.3 is 0 Å². The molecule has 1 fully saturated rings. The van der Waals surface area contributed by atoms with Gasteiger partial charge in [0.2, 0.25) is 0 Å². The summed E-state index contributed by atoms with van der Waals surface area (Å²) in [4.78, 5) is 12.5. The van der Waals surface area contributed by atoms with Crippen molar-refractivity contribution in [3.05, 3.63) is 60.2 Å². The number of carbonyl (C=O) groups is 1. The summed E-state index contributed by atoms with van der Waals surface area (Å²) in [5.41, 5.74) is 3.44. The van der Waals surface area contributed by atoms with Gasteiger partial charge in [0.05, 0.1) is 0 Å². The van der Waals surface area contributed by atoms with Crippen LogP contribution in [-0.2, 0) is 0 Å². The van der Waals surface area contributed by atoms with E-state index in [-0.39, 0.29) is 5.91 Å². The van der Waals surface area contributed by atoms with Gasteiger partial charge in [-0.2, -0.15) is 0 Å². The summed E-state index contributed by atoms with van der Waals surface area (Å²) in [5, 5.41) is 3.23. The molecule has 25 heavy (non-hydrogen) atoms. The average Bonchev–Trinajstić information content (AvgIpc) is 2.62. The normalized spacial score (nSPS) is 20.9. The zero-order chi connectivity index (χ0) is 17.9. The fourth-order valence-corrected chi connectivity index (χ4v) is 3.82. The van der Waals surface area contributed by atoms with E-state index in [0.29, 0.717) is 11.5 Å². The minimum absolute atomic E-state index is 0.0545. The van der Waals surface area contributed by atoms with E-state index in [9.17, 15) is 4.79 Å². The molecule has 0 atom stereocenters. The first-order chi connectivity index (χ1) is 11.9. The lowest BCUT2D eigenvalue weighted by Gasteiger charge is -2.37. The molecular formula is C23H29NO. The van der Waals surface area contributed by atoms with Crippen LogP contribution in [0.15, 0.2) is 54.6 Å². The van der Waals surface area contributed by atoms with Gasteiger partial charge in [-0.1, -0.05) is 63.2 Å². The standard InChI is InChI=1S/C23H29NO/c1-23(2,3)20-13-15-21(16-14-20)24-22(25)19-11-9-18(10-12-19)17-7-5-4-6-8-17/h4-12,20-21H,13-16H2,1-3H3,(H,24,25). The van der Waals surface area contributed by atoms with Crippen molar-refractivity contribution < 1.29 is 4.79 Å². The van der Waals surface area contributed by atoms with Crippen molar-refractivity contribution in [2.75, 3.05) is 0 Å². The molecule has 2 heteroatoms. The third kappa shape index (κ3) is 4.50. The first-order valence-corrected chi connectivity index (χ1v) is 9.40. The maximum atomic E-state index is 12.5. The first kappa shape index (κ1) is 17.7. The van der Waals surface area contributed by atoms with Crippen LogP contribution in [-0.4, -0.2) is 11.9 Å². The Labute approximate surface area is 151 Å². The molecule has 1 N–H and O–H groups in total. The minimum atomic E-state index is 0.0545. The number of carbonyl (C=O) groups excluding carboxylic acids is 1. The highest BCUT2D eigenvalue weighted by Gasteiger charge is 2.30. The summed E-state index contributed by atoms with van der Waals surface area (Å²) in [6.45, 7) is 6.97. The van der Waals surface area contributed by atoms with Gasteiger partial charge in [0.1, 0.15) is 0 Å². The van der Waals surface area contributed by atoms with Crippen LogP contribution in [0.5, 0.6) is 0 Å². The molecule has 0 unspecified atom stereocenters. The lowest BCUT2D eigenvalue weighted by atomic mass is 9.71. The Morgan fingerprint density at radius 2 is 1.40 bits per heavy atom. The number of nitrogens with one attached hydrogen (secondary N) is 1. The predicted molar refractivity (Wildman–Crippen MR) is 105 cm³/mol. The Morgan fingerprint density at radius 1 is 0.840 bits per heavy atom. The number of benzene rings is 2. The molecule has 3 rings (SSSR count). The molecular weight excluding hydrogens is 306 g/mol. The molecule has 1 saturated carbocycles. The lowest BCUT2D eigenvalue weighted by molar-refractivity contribution is 0.0904. The van der Waals surface area contributed by atoms with Crippen LogP contribution in [0.1, 0.15) is 56.8 Å². The number of hydrogen-bond acceptors (Lipinski definition) is 1. The third-order valence-corrected chi connectivity index (χ3v) is 5.54. The van der Waals surface area contributed by atoms with Gasteiger partial charge in [0, 0.05) is 11.6 Å². The van der Waals surface area contributed by atoms with E-state index >= 15 is 0 Å². The van der Waals surface area contributed by atoms with Crippen LogP contribution >= 0.6 is 0 Å². The summed E-state index contributed by atoms with van der Waals surface area (Å²) in [6.07, 6.45) is 4.61.